The molecule has 2 atom stereocenters. The Bertz CT molecular complexity index is 1800. The molecule has 0 radical (unpaired) electrons. The first-order chi connectivity index (χ1) is 23.1. The minimum absolute atomic E-state index is 0.0114. The summed E-state index contributed by atoms with van der Waals surface area (Å²) in [5.74, 6) is -0.249. The number of aliphatic hydroxyl groups excluding tert-OH is 1. The van der Waals surface area contributed by atoms with Crippen molar-refractivity contribution in [2.45, 2.75) is 58.0 Å². The number of carbonyl (C=O) groups is 2. The zero-order valence-electron chi connectivity index (χ0n) is 27.2. The summed E-state index contributed by atoms with van der Waals surface area (Å²) in [5.41, 5.74) is 3.90. The minimum atomic E-state index is -1.09. The molecule has 0 saturated carbocycles. The van der Waals surface area contributed by atoms with Crippen molar-refractivity contribution in [3.8, 4) is 22.4 Å². The smallest absolute Gasteiger partial charge is 0.321 e. The van der Waals surface area contributed by atoms with Gasteiger partial charge in [-0.2, -0.15) is 0 Å². The number of anilines is 1. The number of aromatic nitrogens is 4. The Morgan fingerprint density at radius 3 is 2.52 bits per heavy atom. The number of nitrogens with zero attached hydrogens (tertiary/aromatic N) is 5. The zero-order valence-corrected chi connectivity index (χ0v) is 28.0. The van der Waals surface area contributed by atoms with Crippen LogP contribution in [0.2, 0.25) is 0 Å². The molecule has 14 heteroatoms. The van der Waals surface area contributed by atoms with Crippen molar-refractivity contribution in [1.82, 2.24) is 30.2 Å². The average molecular weight is 674 g/mol. The van der Waals surface area contributed by atoms with Crippen LogP contribution in [0.1, 0.15) is 45.0 Å². The highest BCUT2D eigenvalue weighted by Gasteiger charge is 2.47. The number of pyridine rings is 1. The monoisotopic (exact) mass is 673 g/mol. The maximum absolute atomic E-state index is 12.4. The summed E-state index contributed by atoms with van der Waals surface area (Å²) in [5, 5.41) is 15.4. The van der Waals surface area contributed by atoms with Crippen LogP contribution in [-0.4, -0.2) is 87.0 Å². The molecule has 2 aliphatic heterocycles. The third-order valence-corrected chi connectivity index (χ3v) is 9.06. The predicted octanol–water partition coefficient (Wildman–Crippen LogP) is 5.19. The Morgan fingerprint density at radius 1 is 1.10 bits per heavy atom. The molecule has 3 N–H and O–H groups in total. The van der Waals surface area contributed by atoms with Crippen molar-refractivity contribution in [1.29, 1.82) is 0 Å². The molecule has 6 rings (SSSR count). The van der Waals surface area contributed by atoms with E-state index >= 15 is 0 Å². The van der Waals surface area contributed by atoms with Gasteiger partial charge in [-0.25, -0.2) is 19.7 Å². The highest BCUT2D eigenvalue weighted by molar-refractivity contribution is 7.22. The van der Waals surface area contributed by atoms with E-state index in [2.05, 4.69) is 52.0 Å². The van der Waals surface area contributed by atoms with Crippen molar-refractivity contribution in [3.63, 3.8) is 0 Å². The van der Waals surface area contributed by atoms with Crippen LogP contribution in [0.15, 0.2) is 55.2 Å². The second kappa shape index (κ2) is 14.3. The largest absolute Gasteiger partial charge is 0.513 e. The van der Waals surface area contributed by atoms with Crippen LogP contribution in [0.4, 0.5) is 9.93 Å². The Morgan fingerprint density at radius 2 is 1.85 bits per heavy atom. The first kappa shape index (κ1) is 33.4. The summed E-state index contributed by atoms with van der Waals surface area (Å²) in [6.45, 7) is 12.7. The molecule has 0 spiro atoms. The molecule has 3 aromatic heterocycles. The number of ether oxygens (including phenoxy) is 3. The van der Waals surface area contributed by atoms with E-state index in [0.717, 1.165) is 52.3 Å². The van der Waals surface area contributed by atoms with Gasteiger partial charge in [0.05, 0.1) is 53.5 Å². The number of benzene rings is 1. The number of fused-ring (bicyclic) bond motifs is 1. The van der Waals surface area contributed by atoms with Gasteiger partial charge in [-0.15, -0.1) is 0 Å². The van der Waals surface area contributed by atoms with Gasteiger partial charge in [0.1, 0.15) is 0 Å². The molecule has 1 aromatic carbocycles. The molecule has 2 fully saturated rings. The number of carbonyl (C=O) groups excluding carboxylic acids is 2. The summed E-state index contributed by atoms with van der Waals surface area (Å²) >= 11 is 1.38. The molecule has 2 saturated heterocycles. The third-order valence-electron chi connectivity index (χ3n) is 8.04. The number of morpholine rings is 1. The predicted molar refractivity (Wildman–Crippen MR) is 181 cm³/mol. The molecule has 48 heavy (non-hydrogen) atoms. The molecular weight excluding hydrogens is 634 g/mol. The number of nitrogens with one attached hydrogen (secondary N) is 2. The quantitative estimate of drug-likeness (QED) is 0.142. The first-order valence-electron chi connectivity index (χ1n) is 15.9. The van der Waals surface area contributed by atoms with Gasteiger partial charge in [-0.05, 0) is 56.2 Å². The van der Waals surface area contributed by atoms with Crippen molar-refractivity contribution in [2.75, 3.05) is 38.2 Å². The normalized spacial score (nSPS) is 19.0. The molecule has 0 bridgehead atoms. The molecule has 0 aliphatic carbocycles. The molecule has 2 amide bonds. The van der Waals surface area contributed by atoms with Gasteiger partial charge in [0.15, 0.2) is 11.0 Å². The number of esters is 1. The van der Waals surface area contributed by atoms with Crippen molar-refractivity contribution in [3.05, 3.63) is 66.6 Å². The standard InChI is InChI=1S/C34H39N7O6S/c1-5-35-32(44)40-33-39-28-12-24(25-13-37-31(38-14-25)34(18-45-19-34)47-29(43)7-6-20(2)42)11-26(30(28)48-33)27-10-23(8-9-36-27)17-41-15-21(3)46-22(4)16-41/h8-14,21-22,42H,2,5-7,15-19H2,1,3-4H3,(H2,35,39,40,44). The summed E-state index contributed by atoms with van der Waals surface area (Å²) in [6, 6.07) is 7.77. The Hall–Kier alpha value is -4.50. The molecular formula is C34H39N7O6S. The molecule has 2 unspecified atom stereocenters. The maximum atomic E-state index is 12.4. The molecule has 252 valence electrons. The van der Waals surface area contributed by atoms with Crippen molar-refractivity contribution >= 4 is 38.7 Å². The molecule has 13 nitrogen and oxygen atoms in total. The second-order valence-electron chi connectivity index (χ2n) is 12.2. The molecule has 4 aromatic rings. The van der Waals surface area contributed by atoms with Crippen LogP contribution >= 0.6 is 11.3 Å². The average Bonchev–Trinajstić information content (AvgIpc) is 3.43. The van der Waals surface area contributed by atoms with Gasteiger partial charge >= 0.3 is 12.0 Å². The van der Waals surface area contributed by atoms with Crippen molar-refractivity contribution < 1.29 is 28.9 Å². The Kier molecular flexibility index (Phi) is 9.96. The van der Waals surface area contributed by atoms with Gasteiger partial charge in [-0.3, -0.25) is 20.0 Å². The maximum Gasteiger partial charge on any atom is 0.321 e. The Balaban J connectivity index is 1.32. The molecule has 2 aliphatic rings. The van der Waals surface area contributed by atoms with E-state index in [-0.39, 0.29) is 50.1 Å². The first-order valence-corrected chi connectivity index (χ1v) is 16.7. The second-order valence-corrected chi connectivity index (χ2v) is 13.2. The lowest BCUT2D eigenvalue weighted by Crippen LogP contribution is -2.51. The number of urea groups is 1. The highest BCUT2D eigenvalue weighted by Crippen LogP contribution is 2.39. The van der Waals surface area contributed by atoms with E-state index in [0.29, 0.717) is 23.0 Å². The van der Waals surface area contributed by atoms with E-state index in [1.807, 2.05) is 31.3 Å². The number of hydrogen-bond acceptors (Lipinski definition) is 12. The molecule has 5 heterocycles. The summed E-state index contributed by atoms with van der Waals surface area (Å²) in [6.07, 6.45) is 5.62. The van der Waals surface area contributed by atoms with Gasteiger partial charge < -0.3 is 24.6 Å². The fraction of sp³-hybridized carbons (Fsp3) is 0.412. The van der Waals surface area contributed by atoms with Gasteiger partial charge in [-0.1, -0.05) is 17.9 Å². The summed E-state index contributed by atoms with van der Waals surface area (Å²) < 4.78 is 17.9. The topological polar surface area (TPSA) is 161 Å². The van der Waals surface area contributed by atoms with E-state index in [4.69, 9.17) is 24.2 Å². The van der Waals surface area contributed by atoms with Crippen LogP contribution < -0.4 is 10.6 Å². The lowest BCUT2D eigenvalue weighted by molar-refractivity contribution is -0.221. The van der Waals surface area contributed by atoms with Crippen molar-refractivity contribution in [2.24, 2.45) is 0 Å². The van der Waals surface area contributed by atoms with Crippen LogP contribution in [0, 0.1) is 0 Å². The number of thiazole rings is 1. The number of aliphatic hydroxyl groups is 1. The summed E-state index contributed by atoms with van der Waals surface area (Å²) in [7, 11) is 0. The fourth-order valence-electron chi connectivity index (χ4n) is 5.89. The lowest BCUT2D eigenvalue weighted by atomic mass is 9.99. The Labute approximate surface area is 282 Å². The third kappa shape index (κ3) is 7.62. The number of rotatable bonds is 11. The van der Waals surface area contributed by atoms with Gasteiger partial charge in [0.25, 0.3) is 0 Å². The van der Waals surface area contributed by atoms with Gasteiger partial charge in [0.2, 0.25) is 5.60 Å². The van der Waals surface area contributed by atoms with Crippen LogP contribution in [0.3, 0.4) is 0 Å². The van der Waals surface area contributed by atoms with Gasteiger partial charge in [0, 0.05) is 62.3 Å². The number of allylic oxidation sites excluding steroid dienone is 1. The fourth-order valence-corrected chi connectivity index (χ4v) is 6.85. The van der Waals surface area contributed by atoms with E-state index in [1.165, 1.54) is 11.3 Å². The number of hydrogen-bond donors (Lipinski definition) is 3. The lowest BCUT2D eigenvalue weighted by Gasteiger charge is -2.38. The minimum Gasteiger partial charge on any atom is -0.513 e. The summed E-state index contributed by atoms with van der Waals surface area (Å²) in [4.78, 5) is 45.8. The van der Waals surface area contributed by atoms with Crippen LogP contribution in [0.25, 0.3) is 32.6 Å². The van der Waals surface area contributed by atoms with Crippen LogP contribution in [-0.2, 0) is 31.2 Å². The van der Waals surface area contributed by atoms with E-state index < -0.39 is 11.6 Å². The SMILES string of the molecule is C=C(O)CCC(=O)OC1(c2ncc(-c3cc(-c4cc(CN5CC(C)OC(C)C5)ccn4)c4sc(NC(=O)NCC)nc4c3)cn2)COC1. The van der Waals surface area contributed by atoms with Crippen LogP contribution in [0.5, 0.6) is 0 Å². The van der Waals surface area contributed by atoms with E-state index in [1.54, 1.807) is 12.4 Å². The van der Waals surface area contributed by atoms with E-state index in [9.17, 15) is 14.7 Å². The highest BCUT2D eigenvalue weighted by atomic mass is 32.1. The zero-order chi connectivity index (χ0) is 33.8. The number of amides is 2.